The van der Waals surface area contributed by atoms with Gasteiger partial charge in [0.1, 0.15) is 0 Å². The van der Waals surface area contributed by atoms with Crippen LogP contribution in [0.5, 0.6) is 0 Å². The van der Waals surface area contributed by atoms with Crippen LogP contribution in [0.3, 0.4) is 0 Å². The van der Waals surface area contributed by atoms with Crippen LogP contribution in [0.15, 0.2) is 6.20 Å². The second-order valence-electron chi connectivity index (χ2n) is 6.22. The number of carbonyl (C=O) groups is 1. The molecule has 2 heterocycles. The maximum Gasteiger partial charge on any atom is 0.237 e. The van der Waals surface area contributed by atoms with Crippen LogP contribution in [0.2, 0.25) is 0 Å². The molecule has 1 aromatic heterocycles. The van der Waals surface area contributed by atoms with Gasteiger partial charge in [0, 0.05) is 30.1 Å². The number of amides is 1. The van der Waals surface area contributed by atoms with Gasteiger partial charge >= 0.3 is 0 Å². The first kappa shape index (κ1) is 20.7. The molecule has 2 fully saturated rings. The summed E-state index contributed by atoms with van der Waals surface area (Å²) in [4.78, 5) is 18.0. The third kappa shape index (κ3) is 5.31. The number of aromatic nitrogens is 1. The van der Waals surface area contributed by atoms with E-state index in [1.165, 1.54) is 30.6 Å². The topological polar surface area (TPSA) is 54.0 Å². The minimum Gasteiger partial charge on any atom is -0.354 e. The fourth-order valence-corrected chi connectivity index (χ4v) is 4.43. The predicted molar refractivity (Wildman–Crippen MR) is 100.0 cm³/mol. The summed E-state index contributed by atoms with van der Waals surface area (Å²) in [5.74, 6) is 0.900. The molecule has 2 aliphatic rings. The van der Waals surface area contributed by atoms with Gasteiger partial charge in [-0.2, -0.15) is 0 Å². The first-order chi connectivity index (χ1) is 10.3. The Morgan fingerprint density at radius 3 is 2.87 bits per heavy atom. The van der Waals surface area contributed by atoms with Gasteiger partial charge in [-0.15, -0.1) is 36.2 Å². The van der Waals surface area contributed by atoms with Crippen LogP contribution in [-0.2, 0) is 17.6 Å². The molecule has 1 aliphatic carbocycles. The highest BCUT2D eigenvalue weighted by Gasteiger charge is 2.37. The number of thiazole rings is 1. The fraction of sp³-hybridized carbons (Fsp3) is 0.750. The number of nitrogens with zero attached hydrogens (tertiary/aromatic N) is 1. The van der Waals surface area contributed by atoms with Gasteiger partial charge in [-0.25, -0.2) is 4.98 Å². The molecular weight excluding hydrogens is 353 g/mol. The molecule has 0 spiro atoms. The van der Waals surface area contributed by atoms with E-state index in [-0.39, 0.29) is 36.8 Å². The molecule has 7 heteroatoms. The van der Waals surface area contributed by atoms with E-state index in [4.69, 9.17) is 0 Å². The molecule has 3 unspecified atom stereocenters. The fourth-order valence-electron chi connectivity index (χ4n) is 3.56. The smallest absolute Gasteiger partial charge is 0.237 e. The lowest BCUT2D eigenvalue weighted by molar-refractivity contribution is -0.122. The van der Waals surface area contributed by atoms with E-state index in [0.717, 1.165) is 30.2 Å². The molecule has 0 bridgehead atoms. The van der Waals surface area contributed by atoms with Gasteiger partial charge in [-0.3, -0.25) is 4.79 Å². The number of fused-ring (bicyclic) bond motifs is 1. The molecule has 2 N–H and O–H groups in total. The lowest BCUT2D eigenvalue weighted by Crippen LogP contribution is -2.43. The summed E-state index contributed by atoms with van der Waals surface area (Å²) in [6.07, 6.45) is 10.0. The SMILES string of the molecule is CCc1cnc(CCNC(=O)C2CC3CCCCC3N2)s1.Cl.Cl. The standard InChI is InChI=1S/C16H25N3OS.2ClH/c1-2-12-10-18-15(21-12)7-8-17-16(20)14-9-11-5-3-4-6-13(11)19-14;;/h10-11,13-14,19H,2-9H2,1H3,(H,17,20);2*1H. The Morgan fingerprint density at radius 2 is 2.17 bits per heavy atom. The molecule has 0 aromatic carbocycles. The summed E-state index contributed by atoms with van der Waals surface area (Å²) in [5, 5.41) is 7.73. The summed E-state index contributed by atoms with van der Waals surface area (Å²) in [6.45, 7) is 2.84. The van der Waals surface area contributed by atoms with E-state index < -0.39 is 0 Å². The van der Waals surface area contributed by atoms with Crippen molar-refractivity contribution in [3.8, 4) is 0 Å². The van der Waals surface area contributed by atoms with Crippen LogP contribution < -0.4 is 10.6 Å². The van der Waals surface area contributed by atoms with Gasteiger partial charge in [0.2, 0.25) is 5.91 Å². The monoisotopic (exact) mass is 379 g/mol. The van der Waals surface area contributed by atoms with Crippen molar-refractivity contribution in [3.05, 3.63) is 16.1 Å². The van der Waals surface area contributed by atoms with Crippen molar-refractivity contribution in [3.63, 3.8) is 0 Å². The summed E-state index contributed by atoms with van der Waals surface area (Å²) in [7, 11) is 0. The molecular formula is C16H27Cl2N3OS. The van der Waals surface area contributed by atoms with Crippen molar-refractivity contribution in [1.29, 1.82) is 0 Å². The molecule has 132 valence electrons. The number of nitrogens with one attached hydrogen (secondary N) is 2. The molecule has 1 aromatic rings. The van der Waals surface area contributed by atoms with Gasteiger partial charge in [0.15, 0.2) is 0 Å². The third-order valence-electron chi connectivity index (χ3n) is 4.77. The van der Waals surface area contributed by atoms with E-state index in [9.17, 15) is 4.79 Å². The first-order valence-electron chi connectivity index (χ1n) is 8.23. The second kappa shape index (κ2) is 9.82. The van der Waals surface area contributed by atoms with Crippen molar-refractivity contribution < 1.29 is 4.79 Å². The Kier molecular flexibility index (Phi) is 8.83. The Balaban J connectivity index is 0.00000132. The predicted octanol–water partition coefficient (Wildman–Crippen LogP) is 3.13. The number of carbonyl (C=O) groups excluding carboxylic acids is 1. The lowest BCUT2D eigenvalue weighted by Gasteiger charge is -2.24. The van der Waals surface area contributed by atoms with Crippen LogP contribution >= 0.6 is 36.2 Å². The molecule has 1 saturated heterocycles. The van der Waals surface area contributed by atoms with Gasteiger partial charge < -0.3 is 10.6 Å². The number of aryl methyl sites for hydroxylation is 1. The zero-order valence-corrected chi connectivity index (χ0v) is 16.0. The van der Waals surface area contributed by atoms with E-state index in [1.807, 2.05) is 6.20 Å². The van der Waals surface area contributed by atoms with E-state index in [0.29, 0.717) is 12.6 Å². The van der Waals surface area contributed by atoms with Crippen LogP contribution in [-0.4, -0.2) is 29.5 Å². The zero-order valence-electron chi connectivity index (χ0n) is 13.5. The van der Waals surface area contributed by atoms with Gasteiger partial charge in [0.25, 0.3) is 0 Å². The summed E-state index contributed by atoms with van der Waals surface area (Å²) in [6, 6.07) is 0.612. The van der Waals surface area contributed by atoms with Crippen molar-refractivity contribution >= 4 is 42.1 Å². The molecule has 3 rings (SSSR count). The molecule has 1 amide bonds. The highest BCUT2D eigenvalue weighted by Crippen LogP contribution is 2.33. The average molecular weight is 380 g/mol. The molecule has 4 nitrogen and oxygen atoms in total. The summed E-state index contributed by atoms with van der Waals surface area (Å²) >= 11 is 1.76. The Hall–Kier alpha value is -0.360. The van der Waals surface area contributed by atoms with Crippen LogP contribution in [0.25, 0.3) is 0 Å². The van der Waals surface area contributed by atoms with Crippen LogP contribution in [0, 0.1) is 5.92 Å². The highest BCUT2D eigenvalue weighted by molar-refractivity contribution is 7.11. The van der Waals surface area contributed by atoms with Crippen molar-refractivity contribution in [2.24, 2.45) is 5.92 Å². The third-order valence-corrected chi connectivity index (χ3v) is 5.97. The Bertz CT molecular complexity index is 483. The van der Waals surface area contributed by atoms with Gasteiger partial charge in [-0.1, -0.05) is 19.8 Å². The minimum absolute atomic E-state index is 0. The van der Waals surface area contributed by atoms with Crippen molar-refractivity contribution in [2.45, 2.75) is 64.0 Å². The second-order valence-corrected chi connectivity index (χ2v) is 7.42. The molecule has 0 radical (unpaired) electrons. The molecule has 23 heavy (non-hydrogen) atoms. The van der Waals surface area contributed by atoms with Gasteiger partial charge in [0.05, 0.1) is 11.0 Å². The number of halogens is 2. The number of hydrogen-bond acceptors (Lipinski definition) is 4. The van der Waals surface area contributed by atoms with Crippen LogP contribution in [0.4, 0.5) is 0 Å². The quantitative estimate of drug-likeness (QED) is 0.825. The molecule has 1 aliphatic heterocycles. The Labute approximate surface area is 155 Å². The maximum absolute atomic E-state index is 12.2. The highest BCUT2D eigenvalue weighted by atomic mass is 35.5. The van der Waals surface area contributed by atoms with Gasteiger partial charge in [-0.05, 0) is 31.6 Å². The van der Waals surface area contributed by atoms with E-state index in [1.54, 1.807) is 11.3 Å². The number of rotatable bonds is 5. The normalized spacial score (nSPS) is 25.9. The maximum atomic E-state index is 12.2. The number of hydrogen-bond donors (Lipinski definition) is 2. The van der Waals surface area contributed by atoms with Crippen LogP contribution in [0.1, 0.15) is 48.9 Å². The molecule has 3 atom stereocenters. The average Bonchev–Trinajstić information content (AvgIpc) is 3.13. The Morgan fingerprint density at radius 1 is 1.39 bits per heavy atom. The first-order valence-corrected chi connectivity index (χ1v) is 9.05. The largest absolute Gasteiger partial charge is 0.354 e. The zero-order chi connectivity index (χ0) is 14.7. The van der Waals surface area contributed by atoms with E-state index >= 15 is 0 Å². The lowest BCUT2D eigenvalue weighted by atomic mass is 9.85. The van der Waals surface area contributed by atoms with Crippen molar-refractivity contribution in [1.82, 2.24) is 15.6 Å². The summed E-state index contributed by atoms with van der Waals surface area (Å²) in [5.41, 5.74) is 0. The van der Waals surface area contributed by atoms with Crippen molar-refractivity contribution in [2.75, 3.05) is 6.54 Å². The molecule has 1 saturated carbocycles. The van der Waals surface area contributed by atoms with E-state index in [2.05, 4.69) is 22.5 Å². The summed E-state index contributed by atoms with van der Waals surface area (Å²) < 4.78 is 0. The minimum atomic E-state index is 0.